The second kappa shape index (κ2) is 5.27. The molecule has 1 N–H and O–H groups in total. The molecule has 100 valence electrons. The maximum atomic E-state index is 12.0. The number of rotatable bonds is 2. The fraction of sp³-hybridized carbons (Fsp3) is 0.0667. The second-order valence-electron chi connectivity index (χ2n) is 4.45. The number of hydrogen-bond acceptors (Lipinski definition) is 2. The van der Waals surface area contributed by atoms with Gasteiger partial charge in [0.2, 0.25) is 0 Å². The van der Waals surface area contributed by atoms with E-state index >= 15 is 0 Å². The highest BCUT2D eigenvalue weighted by molar-refractivity contribution is 6.34. The summed E-state index contributed by atoms with van der Waals surface area (Å²) in [5.41, 5.74) is 3.29. The quantitative estimate of drug-likeness (QED) is 0.674. The van der Waals surface area contributed by atoms with E-state index in [0.717, 1.165) is 16.8 Å². The molecule has 1 aromatic carbocycles. The highest BCUT2D eigenvalue weighted by atomic mass is 35.5. The Labute approximate surface area is 126 Å². The summed E-state index contributed by atoms with van der Waals surface area (Å²) < 4.78 is 0. The van der Waals surface area contributed by atoms with Gasteiger partial charge in [-0.1, -0.05) is 35.3 Å². The Bertz CT molecular complexity index is 726. The van der Waals surface area contributed by atoms with Crippen LogP contribution in [-0.4, -0.2) is 10.9 Å². The van der Waals surface area contributed by atoms with Crippen LogP contribution < -0.4 is 5.32 Å². The SMILES string of the molecule is O=C1Nc2cc(Cl)ccc2/C1=C\Cc1ccnc(Cl)c1. The normalized spacial score (nSPS) is 15.3. The smallest absolute Gasteiger partial charge is 0.256 e. The van der Waals surface area contributed by atoms with Crippen LogP contribution in [0.5, 0.6) is 0 Å². The number of hydrogen-bond donors (Lipinski definition) is 1. The Balaban J connectivity index is 1.91. The Morgan fingerprint density at radius 1 is 1.20 bits per heavy atom. The van der Waals surface area contributed by atoms with Crippen molar-refractivity contribution in [1.29, 1.82) is 0 Å². The molecule has 0 saturated carbocycles. The Kier molecular flexibility index (Phi) is 3.47. The van der Waals surface area contributed by atoms with Crippen LogP contribution in [0.1, 0.15) is 11.1 Å². The topological polar surface area (TPSA) is 42.0 Å². The van der Waals surface area contributed by atoms with Crippen molar-refractivity contribution < 1.29 is 4.79 Å². The molecule has 1 aliphatic heterocycles. The largest absolute Gasteiger partial charge is 0.321 e. The molecule has 0 saturated heterocycles. The van der Waals surface area contributed by atoms with Crippen LogP contribution in [0.25, 0.3) is 5.57 Å². The van der Waals surface area contributed by atoms with Crippen molar-refractivity contribution in [3.05, 3.63) is 63.9 Å². The number of aromatic nitrogens is 1. The maximum Gasteiger partial charge on any atom is 0.256 e. The summed E-state index contributed by atoms with van der Waals surface area (Å²) in [6, 6.07) is 9.03. The summed E-state index contributed by atoms with van der Waals surface area (Å²) in [5, 5.41) is 3.86. The average Bonchev–Trinajstić information content (AvgIpc) is 2.71. The summed E-state index contributed by atoms with van der Waals surface area (Å²) in [5.74, 6) is -0.109. The molecule has 1 aromatic heterocycles. The number of pyridine rings is 1. The zero-order valence-corrected chi connectivity index (χ0v) is 11.9. The summed E-state index contributed by atoms with van der Waals surface area (Å²) >= 11 is 11.8. The van der Waals surface area contributed by atoms with Gasteiger partial charge in [0.15, 0.2) is 0 Å². The van der Waals surface area contributed by atoms with Crippen molar-refractivity contribution in [3.63, 3.8) is 0 Å². The van der Waals surface area contributed by atoms with Crippen LogP contribution in [0.4, 0.5) is 5.69 Å². The van der Waals surface area contributed by atoms with E-state index in [-0.39, 0.29) is 5.91 Å². The van der Waals surface area contributed by atoms with Crippen LogP contribution in [0.3, 0.4) is 0 Å². The number of amides is 1. The van der Waals surface area contributed by atoms with Crippen molar-refractivity contribution in [2.75, 3.05) is 5.32 Å². The average molecular weight is 305 g/mol. The third kappa shape index (κ3) is 2.55. The first-order valence-electron chi connectivity index (χ1n) is 6.05. The molecule has 0 unspecified atom stereocenters. The van der Waals surface area contributed by atoms with E-state index in [9.17, 15) is 4.79 Å². The lowest BCUT2D eigenvalue weighted by Crippen LogP contribution is -2.04. The molecule has 0 fully saturated rings. The molecule has 0 aliphatic carbocycles. The van der Waals surface area contributed by atoms with Gasteiger partial charge in [-0.05, 0) is 36.2 Å². The number of anilines is 1. The Morgan fingerprint density at radius 2 is 2.05 bits per heavy atom. The number of benzene rings is 1. The molecule has 0 spiro atoms. The van der Waals surface area contributed by atoms with Crippen molar-refractivity contribution in [2.45, 2.75) is 6.42 Å². The number of carbonyl (C=O) groups excluding carboxylic acids is 1. The van der Waals surface area contributed by atoms with Crippen LogP contribution in [0.15, 0.2) is 42.6 Å². The monoisotopic (exact) mass is 304 g/mol. The first-order chi connectivity index (χ1) is 9.63. The van der Waals surface area contributed by atoms with Crippen molar-refractivity contribution in [2.24, 2.45) is 0 Å². The molecular formula is C15H10Cl2N2O. The van der Waals surface area contributed by atoms with Gasteiger partial charge in [0.05, 0.1) is 5.69 Å². The fourth-order valence-electron chi connectivity index (χ4n) is 2.16. The molecule has 3 nitrogen and oxygen atoms in total. The molecule has 0 bridgehead atoms. The van der Waals surface area contributed by atoms with Crippen molar-refractivity contribution in [3.8, 4) is 0 Å². The minimum Gasteiger partial charge on any atom is -0.321 e. The minimum absolute atomic E-state index is 0.109. The number of fused-ring (bicyclic) bond motifs is 1. The van der Waals surface area contributed by atoms with Crippen molar-refractivity contribution in [1.82, 2.24) is 4.98 Å². The van der Waals surface area contributed by atoms with Gasteiger partial charge in [0.25, 0.3) is 5.91 Å². The zero-order valence-electron chi connectivity index (χ0n) is 10.4. The summed E-state index contributed by atoms with van der Waals surface area (Å²) in [7, 11) is 0. The van der Waals surface area contributed by atoms with E-state index in [1.165, 1.54) is 0 Å². The molecule has 20 heavy (non-hydrogen) atoms. The van der Waals surface area contributed by atoms with Crippen LogP contribution in [-0.2, 0) is 11.2 Å². The van der Waals surface area contributed by atoms with Crippen LogP contribution >= 0.6 is 23.2 Å². The van der Waals surface area contributed by atoms with E-state index < -0.39 is 0 Å². The Hall–Kier alpha value is -1.84. The fourth-order valence-corrected chi connectivity index (χ4v) is 2.53. The molecule has 1 aliphatic rings. The van der Waals surface area contributed by atoms with E-state index in [1.54, 1.807) is 24.4 Å². The number of carbonyl (C=O) groups is 1. The van der Waals surface area contributed by atoms with E-state index in [2.05, 4.69) is 10.3 Å². The number of nitrogens with one attached hydrogen (secondary N) is 1. The molecule has 0 radical (unpaired) electrons. The standard InChI is InChI=1S/C15H10Cl2N2O/c16-10-2-4-11-12(15(20)19-13(11)8-10)3-1-9-5-6-18-14(17)7-9/h2-8H,1H2,(H,19,20)/b12-3+. The number of allylic oxidation sites excluding steroid dienone is 1. The molecule has 2 heterocycles. The van der Waals surface area contributed by atoms with Gasteiger partial charge < -0.3 is 5.32 Å². The predicted octanol–water partition coefficient (Wildman–Crippen LogP) is 3.97. The molecule has 3 rings (SSSR count). The lowest BCUT2D eigenvalue weighted by Gasteiger charge is -2.00. The highest BCUT2D eigenvalue weighted by Crippen LogP contribution is 2.33. The molecule has 0 atom stereocenters. The van der Waals surface area contributed by atoms with Crippen LogP contribution in [0.2, 0.25) is 10.2 Å². The van der Waals surface area contributed by atoms with Gasteiger partial charge >= 0.3 is 0 Å². The van der Waals surface area contributed by atoms with Crippen LogP contribution in [0, 0.1) is 0 Å². The molecule has 2 aromatic rings. The van der Waals surface area contributed by atoms with E-state index in [0.29, 0.717) is 22.2 Å². The summed E-state index contributed by atoms with van der Waals surface area (Å²) in [6.07, 6.45) is 4.16. The lowest BCUT2D eigenvalue weighted by atomic mass is 10.0. The van der Waals surface area contributed by atoms with E-state index in [4.69, 9.17) is 23.2 Å². The number of nitrogens with zero attached hydrogens (tertiary/aromatic N) is 1. The Morgan fingerprint density at radius 3 is 2.85 bits per heavy atom. The number of halogens is 2. The first kappa shape index (κ1) is 13.2. The van der Waals surface area contributed by atoms with E-state index in [1.807, 2.05) is 18.2 Å². The summed E-state index contributed by atoms with van der Waals surface area (Å²) in [6.45, 7) is 0. The molecule has 5 heteroatoms. The third-order valence-electron chi connectivity index (χ3n) is 3.10. The van der Waals surface area contributed by atoms with Crippen molar-refractivity contribution >= 4 is 40.4 Å². The lowest BCUT2D eigenvalue weighted by molar-refractivity contribution is -0.110. The second-order valence-corrected chi connectivity index (χ2v) is 5.28. The predicted molar refractivity (Wildman–Crippen MR) is 81.0 cm³/mol. The molecule has 1 amide bonds. The zero-order chi connectivity index (χ0) is 14.1. The van der Waals surface area contributed by atoms with Gasteiger partial charge in [0.1, 0.15) is 5.15 Å². The first-order valence-corrected chi connectivity index (χ1v) is 6.81. The summed E-state index contributed by atoms with van der Waals surface area (Å²) in [4.78, 5) is 15.9. The van der Waals surface area contributed by atoms with Gasteiger partial charge in [0, 0.05) is 22.4 Å². The van der Waals surface area contributed by atoms with Gasteiger partial charge in [-0.15, -0.1) is 0 Å². The highest BCUT2D eigenvalue weighted by Gasteiger charge is 2.23. The van der Waals surface area contributed by atoms with Gasteiger partial charge in [-0.2, -0.15) is 0 Å². The van der Waals surface area contributed by atoms with Gasteiger partial charge in [-0.25, -0.2) is 4.98 Å². The molecular weight excluding hydrogens is 295 g/mol. The third-order valence-corrected chi connectivity index (χ3v) is 3.54. The van der Waals surface area contributed by atoms with Gasteiger partial charge in [-0.3, -0.25) is 4.79 Å². The minimum atomic E-state index is -0.109. The maximum absolute atomic E-state index is 12.0.